The summed E-state index contributed by atoms with van der Waals surface area (Å²) in [5, 5.41) is 1.21. The fourth-order valence-electron chi connectivity index (χ4n) is 12.3. The standard InChI is InChI=1S/C61H67BN2O/c1-36-29-51-54-52(30-36)64(49-24-19-39(31-38(49)3)42-18-16-15-17-37(42)2)50-34-46-45(59(9,10)26-27-60(46,11)12)33-48(50)62(54)56-55(63(51)41-22-20-40(21-23-41)57(4,5)6)43-32-44-47(35-53(43)65-56)61(13,14)28-25-58(44,7)8/h15-24,29-35H,25-28H2,1-14H3. The van der Waals surface area contributed by atoms with Crippen molar-refractivity contribution in [2.24, 2.45) is 0 Å². The van der Waals surface area contributed by atoms with Gasteiger partial charge in [0, 0.05) is 33.8 Å². The molecule has 0 N–H and O–H groups in total. The van der Waals surface area contributed by atoms with Gasteiger partial charge in [-0.2, -0.15) is 0 Å². The minimum Gasteiger partial charge on any atom is -0.468 e. The van der Waals surface area contributed by atoms with Gasteiger partial charge < -0.3 is 14.2 Å². The molecule has 4 heteroatoms. The number of benzene rings is 6. The Morgan fingerprint density at radius 2 is 1.11 bits per heavy atom. The first-order valence-electron chi connectivity index (χ1n) is 24.4. The van der Waals surface area contributed by atoms with Crippen LogP contribution >= 0.6 is 0 Å². The molecule has 0 saturated heterocycles. The molecule has 0 unspecified atom stereocenters. The highest BCUT2D eigenvalue weighted by Crippen LogP contribution is 2.54. The number of nitrogens with zero attached hydrogens (tertiary/aromatic N) is 2. The van der Waals surface area contributed by atoms with Gasteiger partial charge in [-0.15, -0.1) is 0 Å². The van der Waals surface area contributed by atoms with Gasteiger partial charge in [-0.1, -0.05) is 125 Å². The van der Waals surface area contributed by atoms with E-state index in [0.717, 1.165) is 42.6 Å². The molecule has 0 spiro atoms. The summed E-state index contributed by atoms with van der Waals surface area (Å²) in [6.07, 6.45) is 4.64. The lowest BCUT2D eigenvalue weighted by molar-refractivity contribution is 0.332. The van der Waals surface area contributed by atoms with Crippen molar-refractivity contribution in [1.82, 2.24) is 0 Å². The molecule has 0 amide bonds. The number of aryl methyl sites for hydroxylation is 3. The number of fused-ring (bicyclic) bond motifs is 8. The molecule has 3 nitrogen and oxygen atoms in total. The van der Waals surface area contributed by atoms with Crippen LogP contribution in [0.25, 0.3) is 22.1 Å². The van der Waals surface area contributed by atoms with Crippen LogP contribution in [0.15, 0.2) is 108 Å². The molecule has 6 aromatic carbocycles. The smallest absolute Gasteiger partial charge is 0.297 e. The molecule has 11 rings (SSSR count). The Hall–Kier alpha value is -5.48. The van der Waals surface area contributed by atoms with E-state index in [4.69, 9.17) is 4.42 Å². The van der Waals surface area contributed by atoms with Crippen molar-refractivity contribution in [1.29, 1.82) is 0 Å². The molecule has 2 aliphatic carbocycles. The first-order chi connectivity index (χ1) is 30.6. The molecule has 330 valence electrons. The molecule has 1 aromatic heterocycles. The molecule has 65 heavy (non-hydrogen) atoms. The lowest BCUT2D eigenvalue weighted by Gasteiger charge is -2.47. The van der Waals surface area contributed by atoms with E-state index in [-0.39, 0.29) is 33.8 Å². The summed E-state index contributed by atoms with van der Waals surface area (Å²) in [6.45, 7) is 33.2. The second-order valence-electron chi connectivity index (χ2n) is 24.1. The van der Waals surface area contributed by atoms with E-state index in [1.165, 1.54) is 100 Å². The van der Waals surface area contributed by atoms with E-state index in [9.17, 15) is 0 Å². The topological polar surface area (TPSA) is 19.6 Å². The summed E-state index contributed by atoms with van der Waals surface area (Å²) in [7, 11) is 0. The van der Waals surface area contributed by atoms with Gasteiger partial charge in [0.05, 0.1) is 11.3 Å². The highest BCUT2D eigenvalue weighted by Gasteiger charge is 2.50. The predicted octanol–water partition coefficient (Wildman–Crippen LogP) is 15.1. The fourth-order valence-corrected chi connectivity index (χ4v) is 12.3. The van der Waals surface area contributed by atoms with Gasteiger partial charge in [0.15, 0.2) is 0 Å². The molecular formula is C61H67BN2O. The maximum atomic E-state index is 7.60. The van der Waals surface area contributed by atoms with E-state index in [1.807, 2.05) is 0 Å². The van der Waals surface area contributed by atoms with Gasteiger partial charge in [-0.25, -0.2) is 0 Å². The summed E-state index contributed by atoms with van der Waals surface area (Å²) >= 11 is 0. The zero-order valence-electron chi connectivity index (χ0n) is 41.5. The molecule has 0 atom stereocenters. The molecule has 4 aliphatic rings. The van der Waals surface area contributed by atoms with Gasteiger partial charge in [0.1, 0.15) is 5.58 Å². The van der Waals surface area contributed by atoms with E-state index >= 15 is 0 Å². The zero-order valence-corrected chi connectivity index (χ0v) is 41.5. The summed E-state index contributed by atoms with van der Waals surface area (Å²) < 4.78 is 7.60. The van der Waals surface area contributed by atoms with Crippen LogP contribution in [0.5, 0.6) is 0 Å². The van der Waals surface area contributed by atoms with Crippen LogP contribution in [0.1, 0.15) is 146 Å². The summed E-state index contributed by atoms with van der Waals surface area (Å²) in [5.74, 6) is 0. The van der Waals surface area contributed by atoms with Crippen molar-refractivity contribution in [3.63, 3.8) is 0 Å². The molecule has 3 heterocycles. The lowest BCUT2D eigenvalue weighted by atomic mass is 9.35. The van der Waals surface area contributed by atoms with Gasteiger partial charge in [0.2, 0.25) is 0 Å². The highest BCUT2D eigenvalue weighted by atomic mass is 16.3. The second-order valence-corrected chi connectivity index (χ2v) is 24.1. The third kappa shape index (κ3) is 6.28. The maximum absolute atomic E-state index is 7.60. The number of furan rings is 1. The van der Waals surface area contributed by atoms with Crippen LogP contribution in [0.4, 0.5) is 34.1 Å². The van der Waals surface area contributed by atoms with E-state index in [2.05, 4.69) is 210 Å². The van der Waals surface area contributed by atoms with E-state index < -0.39 is 0 Å². The van der Waals surface area contributed by atoms with Crippen LogP contribution in [0.3, 0.4) is 0 Å². The number of anilines is 6. The average molecular weight is 855 g/mol. The van der Waals surface area contributed by atoms with Crippen LogP contribution in [0, 0.1) is 20.8 Å². The van der Waals surface area contributed by atoms with Crippen LogP contribution in [0.2, 0.25) is 0 Å². The molecule has 0 fully saturated rings. The molecular weight excluding hydrogens is 787 g/mol. The zero-order chi connectivity index (χ0) is 45.9. The van der Waals surface area contributed by atoms with Gasteiger partial charge in [-0.05, 0) is 195 Å². The third-order valence-corrected chi connectivity index (χ3v) is 16.6. The van der Waals surface area contributed by atoms with Crippen molar-refractivity contribution < 1.29 is 4.42 Å². The summed E-state index contributed by atoms with van der Waals surface area (Å²) in [5.41, 5.74) is 25.8. The quantitative estimate of drug-likeness (QED) is 0.165. The lowest BCUT2D eigenvalue weighted by Crippen LogP contribution is -2.61. The molecule has 7 aromatic rings. The van der Waals surface area contributed by atoms with E-state index in [0.29, 0.717) is 0 Å². The minimum absolute atomic E-state index is 0.0363. The normalized spacial score (nSPS) is 18.5. The van der Waals surface area contributed by atoms with Crippen molar-refractivity contribution in [3.8, 4) is 11.1 Å². The highest BCUT2D eigenvalue weighted by molar-refractivity contribution is 7.00. The van der Waals surface area contributed by atoms with Gasteiger partial charge in [0.25, 0.3) is 6.71 Å². The monoisotopic (exact) mass is 855 g/mol. The van der Waals surface area contributed by atoms with Crippen molar-refractivity contribution in [2.75, 3.05) is 9.80 Å². The Labute approximate surface area is 389 Å². The Balaban J connectivity index is 1.25. The first kappa shape index (κ1) is 42.2. The Bertz CT molecular complexity index is 3130. The number of hydrogen-bond acceptors (Lipinski definition) is 3. The maximum Gasteiger partial charge on any atom is 0.297 e. The largest absolute Gasteiger partial charge is 0.468 e. The molecule has 0 bridgehead atoms. The third-order valence-electron chi connectivity index (χ3n) is 16.6. The van der Waals surface area contributed by atoms with Crippen molar-refractivity contribution >= 4 is 68.4 Å². The number of hydrogen-bond donors (Lipinski definition) is 0. The molecule has 2 aliphatic heterocycles. The SMILES string of the molecule is Cc1cc2c3c(c1)N(c1ccc(C(C)(C)C)cc1)c1c(oc4cc5c(cc14)C(C)(C)CCC5(C)C)B3c1cc3c(cc1N2c1ccc(-c2ccccc2C)cc1C)C(C)(C)CCC3(C)C. The average Bonchev–Trinajstić information content (AvgIpc) is 3.62. The summed E-state index contributed by atoms with van der Waals surface area (Å²) in [6, 6.07) is 40.4. The Morgan fingerprint density at radius 3 is 1.71 bits per heavy atom. The van der Waals surface area contributed by atoms with Crippen molar-refractivity contribution in [3.05, 3.63) is 148 Å². The summed E-state index contributed by atoms with van der Waals surface area (Å²) in [4.78, 5) is 5.21. The van der Waals surface area contributed by atoms with Crippen molar-refractivity contribution in [2.45, 2.75) is 150 Å². The number of rotatable bonds is 3. The predicted molar refractivity (Wildman–Crippen MR) is 279 cm³/mol. The molecule has 0 radical (unpaired) electrons. The fraction of sp³-hybridized carbons (Fsp3) is 0.377. The Kier molecular flexibility index (Phi) is 8.95. The van der Waals surface area contributed by atoms with E-state index in [1.54, 1.807) is 0 Å². The van der Waals surface area contributed by atoms with Crippen LogP contribution < -0.4 is 26.4 Å². The van der Waals surface area contributed by atoms with Crippen LogP contribution in [-0.2, 0) is 27.1 Å². The van der Waals surface area contributed by atoms with Crippen LogP contribution in [-0.4, -0.2) is 6.71 Å². The van der Waals surface area contributed by atoms with Gasteiger partial charge in [-0.3, -0.25) is 0 Å². The molecule has 0 saturated carbocycles. The minimum atomic E-state index is -0.102. The van der Waals surface area contributed by atoms with Gasteiger partial charge >= 0.3 is 0 Å². The second kappa shape index (κ2) is 13.8. The first-order valence-corrected chi connectivity index (χ1v) is 24.4. The Morgan fingerprint density at radius 1 is 0.538 bits per heavy atom.